The van der Waals surface area contributed by atoms with Crippen LogP contribution < -0.4 is 10.6 Å². The molecule has 0 saturated carbocycles. The van der Waals surface area contributed by atoms with E-state index in [1.807, 2.05) is 92.7 Å². The zero-order chi connectivity index (χ0) is 29.6. The summed E-state index contributed by atoms with van der Waals surface area (Å²) in [5, 5.41) is 16.9. The number of fused-ring (bicyclic) bond motifs is 1. The molecule has 42 heavy (non-hydrogen) atoms. The largest absolute Gasteiger partial charge is 0.394 e. The minimum atomic E-state index is -0.857. The number of amides is 3. The molecule has 7 nitrogen and oxygen atoms in total. The summed E-state index contributed by atoms with van der Waals surface area (Å²) in [6.07, 6.45) is 0.744. The highest BCUT2D eigenvalue weighted by Gasteiger charge is 2.76. The van der Waals surface area contributed by atoms with Crippen LogP contribution in [0.15, 0.2) is 78.9 Å². The zero-order valence-electron chi connectivity index (χ0n) is 24.1. The molecule has 3 unspecified atom stereocenters. The van der Waals surface area contributed by atoms with Crippen LogP contribution in [0.4, 0.5) is 5.69 Å². The summed E-state index contributed by atoms with van der Waals surface area (Å²) in [7, 11) is 0. The zero-order valence-corrected chi connectivity index (χ0v) is 24.9. The van der Waals surface area contributed by atoms with Crippen LogP contribution in [0.5, 0.6) is 0 Å². The Morgan fingerprint density at radius 2 is 1.71 bits per heavy atom. The number of carbonyl (C=O) groups is 3. The lowest BCUT2D eigenvalue weighted by atomic mass is 9.66. The number of likely N-dealkylation sites (tertiary alicyclic amines) is 1. The lowest BCUT2D eigenvalue weighted by Crippen LogP contribution is -2.55. The van der Waals surface area contributed by atoms with E-state index in [-0.39, 0.29) is 35.5 Å². The molecule has 3 aromatic rings. The van der Waals surface area contributed by atoms with E-state index < -0.39 is 28.7 Å². The summed E-state index contributed by atoms with van der Waals surface area (Å²) in [6.45, 7) is 6.06. The molecule has 0 aromatic heterocycles. The predicted octanol–water partition coefficient (Wildman–Crippen LogP) is 4.63. The second-order valence-corrected chi connectivity index (χ2v) is 13.5. The van der Waals surface area contributed by atoms with Crippen LogP contribution in [0.1, 0.15) is 41.6 Å². The molecule has 218 valence electrons. The van der Waals surface area contributed by atoms with Crippen molar-refractivity contribution in [2.45, 2.75) is 55.8 Å². The maximum Gasteiger partial charge on any atom is 0.248 e. The Balaban J connectivity index is 1.40. The van der Waals surface area contributed by atoms with Gasteiger partial charge in [-0.05, 0) is 54.5 Å². The molecule has 3 aromatic carbocycles. The van der Waals surface area contributed by atoms with Crippen molar-refractivity contribution in [3.63, 3.8) is 0 Å². The second kappa shape index (κ2) is 11.2. The van der Waals surface area contributed by atoms with E-state index >= 15 is 0 Å². The van der Waals surface area contributed by atoms with Gasteiger partial charge < -0.3 is 20.6 Å². The van der Waals surface area contributed by atoms with Crippen LogP contribution in [0, 0.1) is 31.6 Å². The third-order valence-corrected chi connectivity index (χ3v) is 11.5. The van der Waals surface area contributed by atoms with E-state index in [0.29, 0.717) is 12.2 Å². The molecular formula is C34H37N3O4S. The average molecular weight is 584 g/mol. The summed E-state index contributed by atoms with van der Waals surface area (Å²) >= 11 is 1.63. The van der Waals surface area contributed by atoms with Gasteiger partial charge in [0, 0.05) is 17.5 Å². The Morgan fingerprint density at radius 1 is 1.02 bits per heavy atom. The van der Waals surface area contributed by atoms with Crippen molar-refractivity contribution < 1.29 is 19.5 Å². The number of thioether (sulfide) groups is 1. The fourth-order valence-corrected chi connectivity index (χ4v) is 9.81. The monoisotopic (exact) mass is 583 g/mol. The van der Waals surface area contributed by atoms with Crippen LogP contribution >= 0.6 is 11.8 Å². The number of aliphatic hydroxyl groups excluding tert-OH is 1. The van der Waals surface area contributed by atoms with Crippen molar-refractivity contribution in [1.82, 2.24) is 10.2 Å². The first-order chi connectivity index (χ1) is 20.3. The number of carbonyl (C=O) groups excluding carboxylic acids is 3. The van der Waals surface area contributed by atoms with Gasteiger partial charge in [-0.25, -0.2) is 0 Å². The SMILES string of the molecule is Cc1ccc(C)c(NC(=O)C2N([C@H](CO)c3ccccc3)C(=O)[C@@H]3[C@@H](C(=O)NCc4ccccc4)[C@H]4CC(C)C23S4)c1. The Labute approximate surface area is 251 Å². The van der Waals surface area contributed by atoms with Crippen molar-refractivity contribution in [3.8, 4) is 0 Å². The first-order valence-electron chi connectivity index (χ1n) is 14.6. The van der Waals surface area contributed by atoms with Gasteiger partial charge in [-0.3, -0.25) is 14.4 Å². The smallest absolute Gasteiger partial charge is 0.248 e. The summed E-state index contributed by atoms with van der Waals surface area (Å²) < 4.78 is -0.791. The van der Waals surface area contributed by atoms with Crippen LogP contribution in [0.3, 0.4) is 0 Å². The summed E-state index contributed by atoms with van der Waals surface area (Å²) in [5.74, 6) is -1.87. The Morgan fingerprint density at radius 3 is 2.40 bits per heavy atom. The van der Waals surface area contributed by atoms with E-state index in [1.165, 1.54) is 0 Å². The second-order valence-electron chi connectivity index (χ2n) is 11.9. The van der Waals surface area contributed by atoms with E-state index in [1.54, 1.807) is 16.7 Å². The van der Waals surface area contributed by atoms with Gasteiger partial charge in [0.15, 0.2) is 0 Å². The van der Waals surface area contributed by atoms with Gasteiger partial charge in [0.2, 0.25) is 17.7 Å². The molecule has 3 aliphatic rings. The van der Waals surface area contributed by atoms with Crippen LogP contribution in [0.2, 0.25) is 0 Å². The average Bonchev–Trinajstić information content (AvgIpc) is 3.59. The fraction of sp³-hybridized carbons (Fsp3) is 0.382. The molecule has 0 aliphatic carbocycles. The van der Waals surface area contributed by atoms with Crippen molar-refractivity contribution in [1.29, 1.82) is 0 Å². The van der Waals surface area contributed by atoms with Gasteiger partial charge in [-0.2, -0.15) is 0 Å². The number of benzene rings is 3. The highest BCUT2D eigenvalue weighted by atomic mass is 32.2. The standard InChI is InChI=1S/C34H37N3O4S/c1-20-14-15-21(2)25(16-20)36-32(40)30-34-22(3)17-27(42-34)28(31(39)35-18-23-10-6-4-7-11-23)29(34)33(41)37(30)26(19-38)24-12-8-5-9-13-24/h4-16,22,26-30,38H,17-19H2,1-3H3,(H,35,39)(H,36,40)/t22?,26-,27-,28+,29+,30?,34?/m1/s1. The van der Waals surface area contributed by atoms with Crippen LogP contribution in [0.25, 0.3) is 0 Å². The number of anilines is 1. The van der Waals surface area contributed by atoms with E-state index in [9.17, 15) is 19.5 Å². The molecule has 0 radical (unpaired) electrons. The molecule has 3 fully saturated rings. The highest BCUT2D eigenvalue weighted by molar-refractivity contribution is 8.02. The topological polar surface area (TPSA) is 98.7 Å². The van der Waals surface area contributed by atoms with Gasteiger partial charge >= 0.3 is 0 Å². The lowest BCUT2D eigenvalue weighted by molar-refractivity contribution is -0.142. The number of aliphatic hydroxyl groups is 1. The maximum atomic E-state index is 14.6. The Bertz CT molecular complexity index is 1500. The van der Waals surface area contributed by atoms with Crippen molar-refractivity contribution >= 4 is 35.2 Å². The first-order valence-corrected chi connectivity index (χ1v) is 15.5. The molecule has 3 amide bonds. The maximum absolute atomic E-state index is 14.6. The normalized spacial score (nSPS) is 28.4. The number of aryl methyl sites for hydroxylation is 2. The minimum Gasteiger partial charge on any atom is -0.394 e. The quantitative estimate of drug-likeness (QED) is 0.359. The molecule has 1 spiro atoms. The van der Waals surface area contributed by atoms with Gasteiger partial charge in [0.05, 0.1) is 29.2 Å². The van der Waals surface area contributed by atoms with E-state index in [2.05, 4.69) is 17.6 Å². The predicted molar refractivity (Wildman–Crippen MR) is 165 cm³/mol. The number of nitrogens with zero attached hydrogens (tertiary/aromatic N) is 1. The number of hydrogen-bond acceptors (Lipinski definition) is 5. The van der Waals surface area contributed by atoms with E-state index in [0.717, 1.165) is 28.7 Å². The molecular weight excluding hydrogens is 546 g/mol. The van der Waals surface area contributed by atoms with E-state index in [4.69, 9.17) is 0 Å². The molecule has 3 N–H and O–H groups in total. The molecule has 3 heterocycles. The van der Waals surface area contributed by atoms with Gasteiger partial charge in [-0.15, -0.1) is 11.8 Å². The first kappa shape index (κ1) is 28.5. The summed E-state index contributed by atoms with van der Waals surface area (Å²) in [5.41, 5.74) is 4.39. The molecule has 3 saturated heterocycles. The molecule has 3 aliphatic heterocycles. The summed E-state index contributed by atoms with van der Waals surface area (Å²) in [6, 6.07) is 23.4. The highest BCUT2D eigenvalue weighted by Crippen LogP contribution is 2.69. The molecule has 2 bridgehead atoms. The number of nitrogens with one attached hydrogen (secondary N) is 2. The minimum absolute atomic E-state index is 0.0223. The lowest BCUT2D eigenvalue weighted by Gasteiger charge is -2.40. The number of rotatable bonds is 8. The van der Waals surface area contributed by atoms with Crippen LogP contribution in [-0.4, -0.2) is 50.4 Å². The van der Waals surface area contributed by atoms with Gasteiger partial charge in [0.1, 0.15) is 6.04 Å². The molecule has 8 heteroatoms. The molecule has 6 rings (SSSR count). The van der Waals surface area contributed by atoms with Gasteiger partial charge in [-0.1, -0.05) is 79.7 Å². The summed E-state index contributed by atoms with van der Waals surface area (Å²) in [4.78, 5) is 44.5. The third-order valence-electron chi connectivity index (χ3n) is 9.39. The van der Waals surface area contributed by atoms with Crippen molar-refractivity contribution in [3.05, 3.63) is 101 Å². The van der Waals surface area contributed by atoms with Crippen LogP contribution in [-0.2, 0) is 20.9 Å². The Kier molecular flexibility index (Phi) is 7.62. The van der Waals surface area contributed by atoms with Gasteiger partial charge in [0.25, 0.3) is 0 Å². The van der Waals surface area contributed by atoms with Crippen molar-refractivity contribution in [2.75, 3.05) is 11.9 Å². The third kappa shape index (κ3) is 4.61. The Hall–Kier alpha value is -3.62. The molecule has 7 atom stereocenters. The van der Waals surface area contributed by atoms with Crippen molar-refractivity contribution in [2.24, 2.45) is 17.8 Å². The fourth-order valence-electron chi connectivity index (χ4n) is 7.40. The number of hydrogen-bond donors (Lipinski definition) is 3.